The number of nitrogens with one attached hydrogen (secondary N) is 1. The van der Waals surface area contributed by atoms with Crippen LogP contribution >= 0.6 is 11.6 Å². The van der Waals surface area contributed by atoms with E-state index in [1.54, 1.807) is 13.0 Å². The number of aryl methyl sites for hydroxylation is 1. The number of carbonyl (C=O) groups excluding carboxylic acids is 2. The molecule has 268 valence electrons. The van der Waals surface area contributed by atoms with E-state index in [9.17, 15) is 32.7 Å². The highest BCUT2D eigenvalue weighted by molar-refractivity contribution is 6.33. The molecule has 1 aromatic carbocycles. The lowest BCUT2D eigenvalue weighted by Gasteiger charge is -2.41. The Labute approximate surface area is 290 Å². The first-order valence-corrected chi connectivity index (χ1v) is 16.2. The zero-order valence-electron chi connectivity index (χ0n) is 27.0. The van der Waals surface area contributed by atoms with Gasteiger partial charge in [-0.25, -0.2) is 14.4 Å². The SMILES string of the molecule is Cc1ncnc(C(=O)N2CC[C@]3(O[C@@H](C)c4c3c(=O)n3nc(C5=CCOCC5)nc3n4CC(=O)Nc3ccc(C(F)(F)F)cc3Cl)[C@@H](F)C2)c1O. The molecule has 2 N–H and O–H groups in total. The van der Waals surface area contributed by atoms with Gasteiger partial charge in [0, 0.05) is 13.0 Å². The normalized spacial score (nSPS) is 21.9. The second-order valence-electron chi connectivity index (χ2n) is 12.4. The standard InChI is InChI=1S/C32H29ClF4N8O6/c1-15-26(47)24(39-14-38-15)29(49)43-8-7-31(21(34)12-43)23-25(16(2)51-31)44(13-22(46)40-20-4-3-18(11-19(20)33)32(35,36)37)30-41-27(42-45(30)28(23)48)17-5-9-50-10-6-17/h3-5,11,14,16,21,47H,6-10,12-13H2,1-2H3,(H,40,46)/t16-,21-,31-/m0/s1. The van der Waals surface area contributed by atoms with E-state index >= 15 is 4.39 Å². The first kappa shape index (κ1) is 34.5. The molecule has 0 bridgehead atoms. The second-order valence-corrected chi connectivity index (χ2v) is 12.8. The van der Waals surface area contributed by atoms with Crippen LogP contribution < -0.4 is 10.9 Å². The number of aromatic nitrogens is 6. The van der Waals surface area contributed by atoms with Gasteiger partial charge in [0.05, 0.1) is 59.1 Å². The van der Waals surface area contributed by atoms with Crippen molar-refractivity contribution >= 4 is 40.5 Å². The van der Waals surface area contributed by atoms with Gasteiger partial charge in [0.1, 0.15) is 18.5 Å². The highest BCUT2D eigenvalue weighted by atomic mass is 35.5. The highest BCUT2D eigenvalue weighted by Crippen LogP contribution is 2.49. The summed E-state index contributed by atoms with van der Waals surface area (Å²) in [6, 6.07) is 2.48. The largest absolute Gasteiger partial charge is 0.504 e. The molecule has 51 heavy (non-hydrogen) atoms. The number of halogens is 5. The van der Waals surface area contributed by atoms with E-state index in [4.69, 9.17) is 21.1 Å². The number of hydrogen-bond donors (Lipinski definition) is 2. The molecule has 0 saturated carbocycles. The van der Waals surface area contributed by atoms with E-state index in [2.05, 4.69) is 25.4 Å². The average Bonchev–Trinajstić information content (AvgIpc) is 3.67. The van der Waals surface area contributed by atoms with Crippen molar-refractivity contribution in [2.24, 2.45) is 0 Å². The summed E-state index contributed by atoms with van der Waals surface area (Å²) in [4.78, 5) is 54.6. The molecule has 1 fully saturated rings. The number of alkyl halides is 4. The Morgan fingerprint density at radius 2 is 2.02 bits per heavy atom. The Morgan fingerprint density at radius 3 is 2.71 bits per heavy atom. The van der Waals surface area contributed by atoms with E-state index in [0.29, 0.717) is 31.3 Å². The number of aromatic hydroxyl groups is 1. The third-order valence-corrected chi connectivity index (χ3v) is 9.55. The minimum absolute atomic E-state index is 0.0556. The van der Waals surface area contributed by atoms with Crippen LogP contribution in [0.15, 0.2) is 35.4 Å². The number of rotatable bonds is 5. The molecule has 2 amide bonds. The first-order chi connectivity index (χ1) is 24.2. The minimum Gasteiger partial charge on any atom is -0.504 e. The van der Waals surface area contributed by atoms with Crippen molar-refractivity contribution in [3.05, 3.63) is 80.0 Å². The van der Waals surface area contributed by atoms with Gasteiger partial charge < -0.3 is 29.4 Å². The van der Waals surface area contributed by atoms with Crippen molar-refractivity contribution in [1.82, 2.24) is 34.0 Å². The van der Waals surface area contributed by atoms with Crippen molar-refractivity contribution in [2.45, 2.75) is 57.3 Å². The molecule has 3 aliphatic rings. The van der Waals surface area contributed by atoms with Gasteiger partial charge in [-0.1, -0.05) is 17.7 Å². The number of hydrogen-bond acceptors (Lipinski definition) is 10. The number of likely N-dealkylation sites (tertiary alicyclic amines) is 1. The van der Waals surface area contributed by atoms with Crippen molar-refractivity contribution in [1.29, 1.82) is 0 Å². The fraction of sp³-hybridized carbons (Fsp3) is 0.406. The highest BCUT2D eigenvalue weighted by Gasteiger charge is 2.56. The summed E-state index contributed by atoms with van der Waals surface area (Å²) in [5.41, 5.74) is -3.10. The van der Waals surface area contributed by atoms with Crippen LogP contribution in [0.5, 0.6) is 5.75 Å². The number of benzene rings is 1. The molecular weight excluding hydrogens is 704 g/mol. The third kappa shape index (κ3) is 5.89. The van der Waals surface area contributed by atoms with Gasteiger partial charge >= 0.3 is 6.18 Å². The van der Waals surface area contributed by atoms with Crippen LogP contribution in [0.1, 0.15) is 64.7 Å². The number of fused-ring (bicyclic) bond motifs is 3. The van der Waals surface area contributed by atoms with Crippen LogP contribution in [-0.2, 0) is 32.6 Å². The summed E-state index contributed by atoms with van der Waals surface area (Å²) in [6.45, 7) is 2.59. The maximum absolute atomic E-state index is 16.6. The smallest absolute Gasteiger partial charge is 0.416 e. The molecule has 0 radical (unpaired) electrons. The van der Waals surface area contributed by atoms with Crippen LogP contribution in [0, 0.1) is 6.92 Å². The number of nitrogens with zero attached hydrogens (tertiary/aromatic N) is 7. The van der Waals surface area contributed by atoms with Crippen LogP contribution in [0.25, 0.3) is 11.4 Å². The predicted molar refractivity (Wildman–Crippen MR) is 171 cm³/mol. The van der Waals surface area contributed by atoms with E-state index in [0.717, 1.165) is 27.9 Å². The Morgan fingerprint density at radius 1 is 1.24 bits per heavy atom. The van der Waals surface area contributed by atoms with E-state index < -0.39 is 65.8 Å². The van der Waals surface area contributed by atoms with Crippen LogP contribution in [0.3, 0.4) is 0 Å². The van der Waals surface area contributed by atoms with Gasteiger partial charge in [-0.05, 0) is 44.0 Å². The van der Waals surface area contributed by atoms with Crippen LogP contribution in [0.4, 0.5) is 23.2 Å². The first-order valence-electron chi connectivity index (χ1n) is 15.8. The summed E-state index contributed by atoms with van der Waals surface area (Å²) >= 11 is 6.09. The van der Waals surface area contributed by atoms with Gasteiger partial charge in [-0.15, -0.1) is 5.10 Å². The summed E-state index contributed by atoms with van der Waals surface area (Å²) in [6.07, 6.45) is -4.44. The lowest BCUT2D eigenvalue weighted by molar-refractivity contribution is -0.143. The Balaban J connectivity index is 1.28. The zero-order chi connectivity index (χ0) is 36.4. The molecule has 14 nitrogen and oxygen atoms in total. The lowest BCUT2D eigenvalue weighted by Crippen LogP contribution is -2.55. The topological polar surface area (TPSA) is 166 Å². The maximum atomic E-state index is 16.6. The number of anilines is 1. The summed E-state index contributed by atoms with van der Waals surface area (Å²) in [5.74, 6) is -1.78. The summed E-state index contributed by atoms with van der Waals surface area (Å²) < 4.78 is 70.2. The van der Waals surface area contributed by atoms with Gasteiger partial charge in [0.2, 0.25) is 11.7 Å². The van der Waals surface area contributed by atoms with Crippen LogP contribution in [0.2, 0.25) is 5.02 Å². The van der Waals surface area contributed by atoms with Gasteiger partial charge in [0.25, 0.3) is 11.5 Å². The molecule has 4 aromatic rings. The summed E-state index contributed by atoms with van der Waals surface area (Å²) in [5, 5.41) is 17.0. The van der Waals surface area contributed by atoms with Gasteiger partial charge in [-0.3, -0.25) is 14.4 Å². The van der Waals surface area contributed by atoms with Gasteiger partial charge in [0.15, 0.2) is 23.4 Å². The lowest BCUT2D eigenvalue weighted by atomic mass is 9.83. The fourth-order valence-electron chi connectivity index (χ4n) is 6.73. The van der Waals surface area contributed by atoms with Gasteiger partial charge in [-0.2, -0.15) is 22.7 Å². The Hall–Kier alpha value is -4.94. The van der Waals surface area contributed by atoms with Crippen molar-refractivity contribution in [2.75, 3.05) is 31.6 Å². The molecule has 3 aromatic heterocycles. The van der Waals surface area contributed by atoms with Crippen molar-refractivity contribution in [3.8, 4) is 5.75 Å². The zero-order valence-corrected chi connectivity index (χ0v) is 27.8. The number of amides is 2. The number of carbonyl (C=O) groups is 2. The Kier molecular flexibility index (Phi) is 8.58. The molecule has 7 rings (SSSR count). The Bertz CT molecular complexity index is 2190. The fourth-order valence-corrected chi connectivity index (χ4v) is 6.96. The van der Waals surface area contributed by atoms with E-state index in [1.807, 2.05) is 0 Å². The second kappa shape index (κ2) is 12.7. The molecule has 3 atom stereocenters. The minimum atomic E-state index is -4.65. The third-order valence-electron chi connectivity index (χ3n) is 9.24. The summed E-state index contributed by atoms with van der Waals surface area (Å²) in [7, 11) is 0. The van der Waals surface area contributed by atoms with Crippen molar-refractivity contribution < 1.29 is 41.7 Å². The monoisotopic (exact) mass is 732 g/mol. The molecule has 0 unspecified atom stereocenters. The molecule has 3 aliphatic heterocycles. The molecule has 1 spiro atoms. The molecule has 1 saturated heterocycles. The number of ether oxygens (including phenoxy) is 2. The molecular formula is C32H29ClF4N8O6. The average molecular weight is 733 g/mol. The maximum Gasteiger partial charge on any atom is 0.416 e. The molecule has 19 heteroatoms. The van der Waals surface area contributed by atoms with Crippen LogP contribution in [-0.4, -0.2) is 83.4 Å². The number of piperidine rings is 1. The molecule has 0 aliphatic carbocycles. The quantitative estimate of drug-likeness (QED) is 0.287. The van der Waals surface area contributed by atoms with E-state index in [1.165, 1.54) is 11.5 Å². The molecule has 6 heterocycles. The predicted octanol–water partition coefficient (Wildman–Crippen LogP) is 3.98. The van der Waals surface area contributed by atoms with E-state index in [-0.39, 0.29) is 57.9 Å². The van der Waals surface area contributed by atoms with Crippen molar-refractivity contribution in [3.63, 3.8) is 0 Å².